The Morgan fingerprint density at radius 2 is 2.07 bits per heavy atom. The summed E-state index contributed by atoms with van der Waals surface area (Å²) in [6, 6.07) is 8.77. The zero-order valence-corrected chi connectivity index (χ0v) is 8.85. The lowest BCUT2D eigenvalue weighted by atomic mass is 10.2. The van der Waals surface area contributed by atoms with Crippen LogP contribution in [-0.4, -0.2) is 17.2 Å². The Bertz CT molecular complexity index is 295. The molecule has 0 spiro atoms. The topological polar surface area (TPSA) is 46.5 Å². The van der Waals surface area contributed by atoms with Crippen molar-refractivity contribution in [1.29, 1.82) is 0 Å². The van der Waals surface area contributed by atoms with Gasteiger partial charge >= 0.3 is 5.97 Å². The average molecular weight is 208 g/mol. The molecule has 3 nitrogen and oxygen atoms in total. The van der Waals surface area contributed by atoms with Crippen molar-refractivity contribution in [3.63, 3.8) is 0 Å². The fourth-order valence-electron chi connectivity index (χ4n) is 1.19. The van der Waals surface area contributed by atoms with Crippen LogP contribution >= 0.6 is 0 Å². The Hall–Kier alpha value is -1.35. The molecule has 0 aromatic heterocycles. The van der Waals surface area contributed by atoms with Crippen LogP contribution in [0.1, 0.15) is 26.2 Å². The normalized spacial score (nSPS) is 12.1. The summed E-state index contributed by atoms with van der Waals surface area (Å²) in [7, 11) is 0. The highest BCUT2D eigenvalue weighted by molar-refractivity contribution is 5.76. The molecule has 0 unspecified atom stereocenters. The van der Waals surface area contributed by atoms with Crippen molar-refractivity contribution in [2.24, 2.45) is 0 Å². The van der Waals surface area contributed by atoms with Crippen molar-refractivity contribution in [1.82, 2.24) is 0 Å². The summed E-state index contributed by atoms with van der Waals surface area (Å²) in [5, 5.41) is 9.44. The maximum Gasteiger partial charge on any atom is 0.340 e. The highest BCUT2D eigenvalue weighted by Gasteiger charge is 2.16. The van der Waals surface area contributed by atoms with Crippen LogP contribution in [0.2, 0.25) is 0 Å². The molecule has 1 N–H and O–H groups in total. The number of hydrogen-bond acceptors (Lipinski definition) is 3. The van der Waals surface area contributed by atoms with E-state index in [4.69, 9.17) is 4.74 Å². The Labute approximate surface area is 89.7 Å². The van der Waals surface area contributed by atoms with Crippen molar-refractivity contribution < 1.29 is 14.6 Å². The molecule has 0 aliphatic heterocycles. The van der Waals surface area contributed by atoms with Gasteiger partial charge in [-0.25, -0.2) is 4.79 Å². The molecule has 1 aromatic rings. The summed E-state index contributed by atoms with van der Waals surface area (Å²) in [6.07, 6.45) is 1.23. The van der Waals surface area contributed by atoms with Gasteiger partial charge in [-0.05, 0) is 18.6 Å². The molecule has 1 rings (SSSR count). The van der Waals surface area contributed by atoms with Gasteiger partial charge in [0.25, 0.3) is 0 Å². The van der Waals surface area contributed by atoms with Crippen LogP contribution in [0, 0.1) is 0 Å². The van der Waals surface area contributed by atoms with E-state index >= 15 is 0 Å². The highest BCUT2D eigenvalue weighted by atomic mass is 16.5. The Morgan fingerprint density at radius 1 is 1.40 bits per heavy atom. The molecule has 0 saturated heterocycles. The van der Waals surface area contributed by atoms with Gasteiger partial charge < -0.3 is 9.84 Å². The molecule has 82 valence electrons. The largest absolute Gasteiger partial charge is 0.425 e. The number of esters is 1. The molecule has 0 aliphatic rings. The number of carbonyl (C=O) groups excluding carboxylic acids is 1. The van der Waals surface area contributed by atoms with Gasteiger partial charge in [-0.3, -0.25) is 0 Å². The van der Waals surface area contributed by atoms with Crippen LogP contribution in [0.3, 0.4) is 0 Å². The molecular weight excluding hydrogens is 192 g/mol. The van der Waals surface area contributed by atoms with Crippen LogP contribution in [0.25, 0.3) is 0 Å². The molecular formula is C12H16O3. The SMILES string of the molecule is CCCC[C@@H](O)C(=O)Oc1ccccc1. The third-order valence-electron chi connectivity index (χ3n) is 2.06. The van der Waals surface area contributed by atoms with Gasteiger partial charge in [0.15, 0.2) is 6.10 Å². The molecule has 0 radical (unpaired) electrons. The minimum atomic E-state index is -1.01. The maximum absolute atomic E-state index is 11.3. The molecule has 15 heavy (non-hydrogen) atoms. The van der Waals surface area contributed by atoms with E-state index in [1.54, 1.807) is 24.3 Å². The fourth-order valence-corrected chi connectivity index (χ4v) is 1.19. The molecule has 1 atom stereocenters. The molecule has 0 saturated carbocycles. The first-order valence-corrected chi connectivity index (χ1v) is 5.19. The molecule has 3 heteroatoms. The van der Waals surface area contributed by atoms with Gasteiger partial charge in [-0.1, -0.05) is 38.0 Å². The molecule has 0 fully saturated rings. The number of aliphatic hydroxyl groups is 1. The standard InChI is InChI=1S/C12H16O3/c1-2-3-9-11(13)12(14)15-10-7-5-4-6-8-10/h4-8,11,13H,2-3,9H2,1H3/t11-/m1/s1. The van der Waals surface area contributed by atoms with Gasteiger partial charge in [0, 0.05) is 0 Å². The summed E-state index contributed by atoms with van der Waals surface area (Å²) in [5.74, 6) is -0.104. The van der Waals surface area contributed by atoms with Gasteiger partial charge in [-0.2, -0.15) is 0 Å². The van der Waals surface area contributed by atoms with Gasteiger partial charge in [0.05, 0.1) is 0 Å². The summed E-state index contributed by atoms with van der Waals surface area (Å²) in [6.45, 7) is 2.01. The van der Waals surface area contributed by atoms with Gasteiger partial charge in [0.2, 0.25) is 0 Å². The summed E-state index contributed by atoms with van der Waals surface area (Å²) in [4.78, 5) is 11.3. The Morgan fingerprint density at radius 3 is 2.67 bits per heavy atom. The summed E-state index contributed by atoms with van der Waals surface area (Å²) in [5.41, 5.74) is 0. The second-order valence-corrected chi connectivity index (χ2v) is 3.39. The van der Waals surface area contributed by atoms with Crippen molar-refractivity contribution in [2.75, 3.05) is 0 Å². The maximum atomic E-state index is 11.3. The second kappa shape index (κ2) is 6.19. The van der Waals surface area contributed by atoms with Crippen molar-refractivity contribution in [2.45, 2.75) is 32.3 Å². The van der Waals surface area contributed by atoms with Crippen molar-refractivity contribution >= 4 is 5.97 Å². The number of hydrogen-bond donors (Lipinski definition) is 1. The Kier molecular flexibility index (Phi) is 4.84. The van der Waals surface area contributed by atoms with Crippen LogP contribution in [-0.2, 0) is 4.79 Å². The summed E-state index contributed by atoms with van der Waals surface area (Å²) < 4.78 is 4.98. The lowest BCUT2D eigenvalue weighted by Gasteiger charge is -2.09. The third kappa shape index (κ3) is 4.13. The monoisotopic (exact) mass is 208 g/mol. The first-order chi connectivity index (χ1) is 7.24. The predicted molar refractivity (Wildman–Crippen MR) is 57.6 cm³/mol. The van der Waals surface area contributed by atoms with Crippen LogP contribution < -0.4 is 4.74 Å². The highest BCUT2D eigenvalue weighted by Crippen LogP contribution is 2.10. The van der Waals surface area contributed by atoms with Crippen LogP contribution in [0.4, 0.5) is 0 Å². The lowest BCUT2D eigenvalue weighted by Crippen LogP contribution is -2.25. The predicted octanol–water partition coefficient (Wildman–Crippen LogP) is 2.14. The van der Waals surface area contributed by atoms with Crippen molar-refractivity contribution in [3.05, 3.63) is 30.3 Å². The van der Waals surface area contributed by atoms with Crippen LogP contribution in [0.15, 0.2) is 30.3 Å². The van der Waals surface area contributed by atoms with Crippen LogP contribution in [0.5, 0.6) is 5.75 Å². The van der Waals surface area contributed by atoms with E-state index in [9.17, 15) is 9.90 Å². The van der Waals surface area contributed by atoms with Gasteiger partial charge in [0.1, 0.15) is 5.75 Å². The molecule has 0 aliphatic carbocycles. The van der Waals surface area contributed by atoms with E-state index in [2.05, 4.69) is 0 Å². The minimum absolute atomic E-state index is 0.460. The van der Waals surface area contributed by atoms with E-state index < -0.39 is 12.1 Å². The van der Waals surface area contributed by atoms with E-state index in [1.807, 2.05) is 13.0 Å². The average Bonchev–Trinajstić information content (AvgIpc) is 2.27. The summed E-state index contributed by atoms with van der Waals surface area (Å²) >= 11 is 0. The molecule has 1 aromatic carbocycles. The second-order valence-electron chi connectivity index (χ2n) is 3.39. The zero-order valence-electron chi connectivity index (χ0n) is 8.85. The molecule has 0 amide bonds. The number of benzene rings is 1. The van der Waals surface area contributed by atoms with E-state index in [0.717, 1.165) is 12.8 Å². The quantitative estimate of drug-likeness (QED) is 0.595. The first kappa shape index (κ1) is 11.7. The minimum Gasteiger partial charge on any atom is -0.425 e. The van der Waals surface area contributed by atoms with Gasteiger partial charge in [-0.15, -0.1) is 0 Å². The van der Waals surface area contributed by atoms with Crippen molar-refractivity contribution in [3.8, 4) is 5.75 Å². The number of para-hydroxylation sites is 1. The smallest absolute Gasteiger partial charge is 0.340 e. The van der Waals surface area contributed by atoms with E-state index in [0.29, 0.717) is 12.2 Å². The zero-order chi connectivity index (χ0) is 11.1. The number of carbonyl (C=O) groups is 1. The molecule has 0 bridgehead atoms. The molecule has 0 heterocycles. The van der Waals surface area contributed by atoms with E-state index in [1.165, 1.54) is 0 Å². The number of ether oxygens (including phenoxy) is 1. The number of rotatable bonds is 5. The van der Waals surface area contributed by atoms with E-state index in [-0.39, 0.29) is 0 Å². The number of aliphatic hydroxyl groups excluding tert-OH is 1. The fraction of sp³-hybridized carbons (Fsp3) is 0.417. The lowest BCUT2D eigenvalue weighted by molar-refractivity contribution is -0.144. The number of unbranched alkanes of at least 4 members (excludes halogenated alkanes) is 1. The third-order valence-corrected chi connectivity index (χ3v) is 2.06. The first-order valence-electron chi connectivity index (χ1n) is 5.19. The Balaban J connectivity index is 2.42.